The summed E-state index contributed by atoms with van der Waals surface area (Å²) in [4.78, 5) is 30.4. The number of hydrogen-bond acceptors (Lipinski definition) is 7. The molecule has 2 heterocycles. The van der Waals surface area contributed by atoms with Gasteiger partial charge in [-0.25, -0.2) is 0 Å². The minimum atomic E-state index is -0.418. The Kier molecular flexibility index (Phi) is 11.7. The Labute approximate surface area is 247 Å². The zero-order chi connectivity index (χ0) is 27.9. The number of rotatable bonds is 10. The number of nitrogens with one attached hydrogen (secondary N) is 1. The summed E-state index contributed by atoms with van der Waals surface area (Å²) in [7, 11) is 0. The standard InChI is InChI=1S/C28H37Cl2N5O4.CH4/c1-20(2)19-39-27-17-22(3-6-26(27)35(37)38)31-21-7-11-34(12-8-21)28(36)9-10-32-13-15-33(16-14-32)23-4-5-24(29)25(30)18-23;/h3-6,17-18,20-21,31H,7-16,19H2,1-2H3;1H4. The van der Waals surface area contributed by atoms with E-state index in [0.717, 1.165) is 56.9 Å². The molecule has 0 atom stereocenters. The van der Waals surface area contributed by atoms with Gasteiger partial charge < -0.3 is 19.9 Å². The van der Waals surface area contributed by atoms with Crippen LogP contribution in [0.3, 0.4) is 0 Å². The quantitative estimate of drug-likeness (QED) is 0.259. The summed E-state index contributed by atoms with van der Waals surface area (Å²) in [6, 6.07) is 10.8. The van der Waals surface area contributed by atoms with Gasteiger partial charge in [0.25, 0.3) is 0 Å². The fourth-order valence-electron chi connectivity index (χ4n) is 4.96. The number of ether oxygens (including phenoxy) is 1. The van der Waals surface area contributed by atoms with Crippen LogP contribution in [-0.2, 0) is 4.79 Å². The summed E-state index contributed by atoms with van der Waals surface area (Å²) in [6.45, 7) is 10.1. The van der Waals surface area contributed by atoms with Crippen LogP contribution in [0, 0.1) is 16.0 Å². The van der Waals surface area contributed by atoms with Gasteiger partial charge in [-0.05, 0) is 43.0 Å². The van der Waals surface area contributed by atoms with Crippen molar-refractivity contribution in [2.45, 2.75) is 46.6 Å². The topological polar surface area (TPSA) is 91.2 Å². The second kappa shape index (κ2) is 14.8. The lowest BCUT2D eigenvalue weighted by Crippen LogP contribution is -2.48. The summed E-state index contributed by atoms with van der Waals surface area (Å²) in [5.74, 6) is 0.742. The normalized spacial score (nSPS) is 16.5. The van der Waals surface area contributed by atoms with Crippen molar-refractivity contribution in [1.29, 1.82) is 0 Å². The molecule has 2 fully saturated rings. The molecule has 0 radical (unpaired) electrons. The minimum absolute atomic E-state index is 0. The van der Waals surface area contributed by atoms with Crippen molar-refractivity contribution < 1.29 is 14.5 Å². The Hall–Kier alpha value is -2.75. The van der Waals surface area contributed by atoms with Crippen LogP contribution in [0.25, 0.3) is 0 Å². The molecular weight excluding hydrogens is 553 g/mol. The van der Waals surface area contributed by atoms with Crippen LogP contribution < -0.4 is 15.0 Å². The van der Waals surface area contributed by atoms with Crippen LogP contribution >= 0.6 is 23.2 Å². The predicted molar refractivity (Wildman–Crippen MR) is 163 cm³/mol. The smallest absolute Gasteiger partial charge is 0.311 e. The number of carbonyl (C=O) groups excluding carboxylic acids is 1. The molecule has 0 aliphatic carbocycles. The molecule has 2 saturated heterocycles. The molecule has 4 rings (SSSR count). The Morgan fingerprint density at radius 2 is 1.75 bits per heavy atom. The molecule has 0 spiro atoms. The first kappa shape index (κ1) is 31.8. The molecule has 2 aliphatic heterocycles. The van der Waals surface area contributed by atoms with E-state index in [9.17, 15) is 14.9 Å². The molecule has 40 heavy (non-hydrogen) atoms. The second-order valence-corrected chi connectivity index (χ2v) is 11.4. The molecule has 0 bridgehead atoms. The van der Waals surface area contributed by atoms with Gasteiger partial charge in [0.1, 0.15) is 0 Å². The van der Waals surface area contributed by atoms with E-state index >= 15 is 0 Å². The van der Waals surface area contributed by atoms with Gasteiger partial charge in [0.15, 0.2) is 5.75 Å². The van der Waals surface area contributed by atoms with Crippen molar-refractivity contribution in [2.24, 2.45) is 5.92 Å². The van der Waals surface area contributed by atoms with E-state index in [2.05, 4.69) is 15.1 Å². The van der Waals surface area contributed by atoms with Crippen molar-refractivity contribution >= 4 is 46.2 Å². The average Bonchev–Trinajstić information content (AvgIpc) is 2.92. The third kappa shape index (κ3) is 8.62. The van der Waals surface area contributed by atoms with Crippen LogP contribution in [-0.4, -0.2) is 79.1 Å². The van der Waals surface area contributed by atoms with E-state index in [1.807, 2.05) is 36.9 Å². The summed E-state index contributed by atoms with van der Waals surface area (Å²) in [5.41, 5.74) is 1.84. The number of piperidine rings is 1. The largest absolute Gasteiger partial charge is 0.486 e. The van der Waals surface area contributed by atoms with Gasteiger partial charge >= 0.3 is 5.69 Å². The lowest BCUT2D eigenvalue weighted by molar-refractivity contribution is -0.385. The Balaban J connectivity index is 0.00000441. The first-order valence-corrected chi connectivity index (χ1v) is 14.3. The molecule has 1 amide bonds. The number of nitro benzene ring substituents is 1. The SMILES string of the molecule is C.CC(C)COc1cc(NC2CCN(C(=O)CCN3CCN(c4ccc(Cl)c(Cl)c4)CC3)CC2)ccc1[N+](=O)[O-]. The predicted octanol–water partition coefficient (Wildman–Crippen LogP) is 6.19. The summed E-state index contributed by atoms with van der Waals surface area (Å²) >= 11 is 12.2. The highest BCUT2D eigenvalue weighted by Crippen LogP contribution is 2.32. The summed E-state index contributed by atoms with van der Waals surface area (Å²) in [5, 5.41) is 16.0. The maximum absolute atomic E-state index is 12.9. The summed E-state index contributed by atoms with van der Waals surface area (Å²) in [6.07, 6.45) is 2.17. The number of hydrogen-bond donors (Lipinski definition) is 1. The fraction of sp³-hybridized carbons (Fsp3) is 0.552. The minimum Gasteiger partial charge on any atom is -0.486 e. The molecule has 0 aromatic heterocycles. The van der Waals surface area contributed by atoms with E-state index in [0.29, 0.717) is 36.2 Å². The van der Waals surface area contributed by atoms with Gasteiger partial charge in [-0.15, -0.1) is 0 Å². The van der Waals surface area contributed by atoms with E-state index in [4.69, 9.17) is 27.9 Å². The number of amides is 1. The number of nitro groups is 1. The fourth-order valence-corrected chi connectivity index (χ4v) is 5.25. The van der Waals surface area contributed by atoms with Crippen molar-refractivity contribution in [3.05, 3.63) is 56.6 Å². The number of piperazine rings is 1. The van der Waals surface area contributed by atoms with Gasteiger partial charge in [0.2, 0.25) is 5.91 Å². The van der Waals surface area contributed by atoms with Gasteiger partial charge in [-0.2, -0.15) is 0 Å². The van der Waals surface area contributed by atoms with Gasteiger partial charge in [-0.3, -0.25) is 19.8 Å². The Morgan fingerprint density at radius 1 is 1.05 bits per heavy atom. The summed E-state index contributed by atoms with van der Waals surface area (Å²) < 4.78 is 5.70. The van der Waals surface area contributed by atoms with E-state index < -0.39 is 4.92 Å². The Morgan fingerprint density at radius 3 is 2.38 bits per heavy atom. The molecule has 0 saturated carbocycles. The third-order valence-corrected chi connectivity index (χ3v) is 7.97. The molecule has 11 heteroatoms. The van der Waals surface area contributed by atoms with Crippen LogP contribution in [0.15, 0.2) is 36.4 Å². The lowest BCUT2D eigenvalue weighted by atomic mass is 10.0. The highest BCUT2D eigenvalue weighted by atomic mass is 35.5. The van der Waals surface area contributed by atoms with Crippen LogP contribution in [0.2, 0.25) is 10.0 Å². The van der Waals surface area contributed by atoms with Gasteiger partial charge in [-0.1, -0.05) is 44.5 Å². The maximum atomic E-state index is 12.9. The molecule has 9 nitrogen and oxygen atoms in total. The maximum Gasteiger partial charge on any atom is 0.311 e. The molecular formula is C29H41Cl2N5O4. The van der Waals surface area contributed by atoms with E-state index in [1.165, 1.54) is 6.07 Å². The van der Waals surface area contributed by atoms with E-state index in [1.54, 1.807) is 12.1 Å². The number of halogens is 2. The second-order valence-electron chi connectivity index (χ2n) is 10.6. The first-order valence-electron chi connectivity index (χ1n) is 13.6. The number of carbonyl (C=O) groups is 1. The number of nitrogens with zero attached hydrogens (tertiary/aromatic N) is 4. The average molecular weight is 595 g/mol. The number of likely N-dealkylation sites (tertiary alicyclic amines) is 1. The van der Waals surface area contributed by atoms with Crippen molar-refractivity contribution in [1.82, 2.24) is 9.80 Å². The monoisotopic (exact) mass is 593 g/mol. The van der Waals surface area contributed by atoms with Crippen LogP contribution in [0.1, 0.15) is 40.5 Å². The third-order valence-electron chi connectivity index (χ3n) is 7.23. The molecule has 0 unspecified atom stereocenters. The van der Waals surface area contributed by atoms with Crippen molar-refractivity contribution in [3.8, 4) is 5.75 Å². The lowest BCUT2D eigenvalue weighted by Gasteiger charge is -2.37. The molecule has 220 valence electrons. The van der Waals surface area contributed by atoms with Crippen LogP contribution in [0.5, 0.6) is 5.75 Å². The molecule has 2 aliphatic rings. The van der Waals surface area contributed by atoms with Crippen molar-refractivity contribution in [3.63, 3.8) is 0 Å². The highest BCUT2D eigenvalue weighted by Gasteiger charge is 2.25. The first-order chi connectivity index (χ1) is 18.7. The number of anilines is 2. The molecule has 2 aromatic rings. The van der Waals surface area contributed by atoms with Gasteiger partial charge in [0.05, 0.1) is 21.6 Å². The van der Waals surface area contributed by atoms with Crippen molar-refractivity contribution in [2.75, 3.05) is 62.6 Å². The highest BCUT2D eigenvalue weighted by molar-refractivity contribution is 6.42. The molecule has 2 aromatic carbocycles. The number of benzene rings is 2. The Bertz CT molecular complexity index is 1150. The van der Waals surface area contributed by atoms with E-state index in [-0.39, 0.29) is 36.7 Å². The zero-order valence-corrected chi connectivity index (χ0v) is 24.1. The zero-order valence-electron chi connectivity index (χ0n) is 22.6. The van der Waals surface area contributed by atoms with Gasteiger partial charge in [0, 0.05) is 81.8 Å². The molecule has 1 N–H and O–H groups in total. The van der Waals surface area contributed by atoms with Crippen LogP contribution in [0.4, 0.5) is 17.1 Å².